The lowest BCUT2D eigenvalue weighted by Crippen LogP contribution is -2.17. The Balaban J connectivity index is 2.97. The van der Waals surface area contributed by atoms with Crippen LogP contribution in [0.3, 0.4) is 0 Å². The van der Waals surface area contributed by atoms with Gasteiger partial charge in [-0.25, -0.2) is 4.39 Å². The van der Waals surface area contributed by atoms with Crippen molar-refractivity contribution in [2.24, 2.45) is 0 Å². The van der Waals surface area contributed by atoms with Gasteiger partial charge in [0.1, 0.15) is 5.69 Å². The molecule has 0 saturated carbocycles. The summed E-state index contributed by atoms with van der Waals surface area (Å²) in [6, 6.07) is 1.63. The van der Waals surface area contributed by atoms with Crippen molar-refractivity contribution in [1.82, 2.24) is 0 Å². The van der Waals surface area contributed by atoms with Gasteiger partial charge in [-0.2, -0.15) is 0 Å². The van der Waals surface area contributed by atoms with Crippen molar-refractivity contribution in [2.45, 2.75) is 25.8 Å². The number of nitrogens with zero attached hydrogens (tertiary/aromatic N) is 1. The maximum atomic E-state index is 13.4. The fraction of sp³-hybridized carbons (Fsp3) is 0.417. The van der Waals surface area contributed by atoms with E-state index in [1.54, 1.807) is 6.92 Å². The predicted octanol–water partition coefficient (Wildman–Crippen LogP) is 2.41. The van der Waals surface area contributed by atoms with Crippen molar-refractivity contribution in [3.8, 4) is 5.75 Å². The summed E-state index contributed by atoms with van der Waals surface area (Å²) in [6.07, 6.45) is 0.215. The van der Waals surface area contributed by atoms with E-state index >= 15 is 0 Å². The van der Waals surface area contributed by atoms with Crippen molar-refractivity contribution in [2.75, 3.05) is 12.4 Å². The maximum absolute atomic E-state index is 13.4. The zero-order chi connectivity index (χ0) is 15.3. The second kappa shape index (κ2) is 6.69. The van der Waals surface area contributed by atoms with Crippen LogP contribution in [0.5, 0.6) is 5.75 Å². The van der Waals surface area contributed by atoms with E-state index in [1.807, 2.05) is 0 Å². The zero-order valence-electron chi connectivity index (χ0n) is 11.1. The first-order chi connectivity index (χ1) is 9.35. The molecular weight excluding hydrogens is 271 g/mol. The van der Waals surface area contributed by atoms with Gasteiger partial charge in [0.05, 0.1) is 18.1 Å². The monoisotopic (exact) mass is 286 g/mol. The third-order valence-electron chi connectivity index (χ3n) is 2.66. The number of aliphatic carboxylic acids is 1. The molecule has 0 aliphatic carbocycles. The first-order valence-corrected chi connectivity index (χ1v) is 5.85. The molecule has 0 amide bonds. The van der Waals surface area contributed by atoms with Crippen LogP contribution in [-0.4, -0.2) is 29.2 Å². The number of nitro groups is 1. The topological polar surface area (TPSA) is 102 Å². The molecule has 1 rings (SSSR count). The molecule has 1 unspecified atom stereocenters. The molecule has 0 spiro atoms. The molecular formula is C12H15FN2O5. The highest BCUT2D eigenvalue weighted by molar-refractivity contribution is 5.67. The minimum absolute atomic E-state index is 0.0692. The number of carboxylic acid groups (broad SMARTS) is 1. The Morgan fingerprint density at radius 1 is 1.60 bits per heavy atom. The number of hydrogen-bond donors (Lipinski definition) is 2. The molecule has 1 aromatic rings. The van der Waals surface area contributed by atoms with Gasteiger partial charge >= 0.3 is 5.97 Å². The number of carboxylic acids is 1. The van der Waals surface area contributed by atoms with Crippen LogP contribution in [-0.2, 0) is 4.79 Å². The average Bonchev–Trinajstić information content (AvgIpc) is 2.37. The second-order valence-electron chi connectivity index (χ2n) is 4.24. The molecule has 0 aromatic heterocycles. The van der Waals surface area contributed by atoms with Crippen LogP contribution in [0.1, 0.15) is 19.8 Å². The quantitative estimate of drug-likeness (QED) is 0.589. The number of methoxy groups -OCH3 is 1. The molecule has 8 heteroatoms. The Hall–Kier alpha value is -2.38. The summed E-state index contributed by atoms with van der Waals surface area (Å²) in [4.78, 5) is 20.6. The molecule has 110 valence electrons. The van der Waals surface area contributed by atoms with E-state index in [4.69, 9.17) is 9.84 Å². The highest BCUT2D eigenvalue weighted by Crippen LogP contribution is 2.32. The van der Waals surface area contributed by atoms with Crippen LogP contribution in [0.25, 0.3) is 0 Å². The van der Waals surface area contributed by atoms with Gasteiger partial charge in [-0.05, 0) is 13.3 Å². The standard InChI is InChI=1S/C12H15FN2O5/c1-7(3-4-12(16)17)14-9-6-11(20-2)8(13)5-10(9)15(18)19/h5-7,14H,3-4H2,1-2H3,(H,16,17). The van der Waals surface area contributed by atoms with E-state index in [9.17, 15) is 19.3 Å². The van der Waals surface area contributed by atoms with Gasteiger partial charge in [0.25, 0.3) is 5.69 Å². The van der Waals surface area contributed by atoms with Crippen LogP contribution < -0.4 is 10.1 Å². The lowest BCUT2D eigenvalue weighted by molar-refractivity contribution is -0.384. The largest absolute Gasteiger partial charge is 0.494 e. The molecule has 2 N–H and O–H groups in total. The molecule has 20 heavy (non-hydrogen) atoms. The predicted molar refractivity (Wildman–Crippen MR) is 69.6 cm³/mol. The molecule has 1 aromatic carbocycles. The number of rotatable bonds is 7. The van der Waals surface area contributed by atoms with Crippen LogP contribution in [0.15, 0.2) is 12.1 Å². The highest BCUT2D eigenvalue weighted by Gasteiger charge is 2.20. The fourth-order valence-electron chi connectivity index (χ4n) is 1.64. The molecule has 7 nitrogen and oxygen atoms in total. The Labute approximate surface area is 114 Å². The van der Waals surface area contributed by atoms with Gasteiger partial charge in [-0.15, -0.1) is 0 Å². The second-order valence-corrected chi connectivity index (χ2v) is 4.24. The molecule has 0 aliphatic heterocycles. The van der Waals surface area contributed by atoms with Crippen molar-refractivity contribution < 1.29 is 24.0 Å². The minimum atomic E-state index is -0.954. The highest BCUT2D eigenvalue weighted by atomic mass is 19.1. The molecule has 0 aliphatic rings. The van der Waals surface area contributed by atoms with Crippen LogP contribution in [0.2, 0.25) is 0 Å². The summed E-state index contributed by atoms with van der Waals surface area (Å²) in [7, 11) is 1.25. The van der Waals surface area contributed by atoms with Crippen molar-refractivity contribution in [3.63, 3.8) is 0 Å². The average molecular weight is 286 g/mol. The summed E-state index contributed by atoms with van der Waals surface area (Å²) in [5.74, 6) is -1.91. The molecule has 0 bridgehead atoms. The maximum Gasteiger partial charge on any atom is 0.303 e. The first kappa shape index (κ1) is 15.7. The smallest absolute Gasteiger partial charge is 0.303 e. The van der Waals surface area contributed by atoms with Gasteiger partial charge in [0.2, 0.25) is 0 Å². The summed E-state index contributed by atoms with van der Waals surface area (Å²) in [5, 5.41) is 22.3. The number of nitro benzene ring substituents is 1. The molecule has 0 radical (unpaired) electrons. The van der Waals surface area contributed by atoms with E-state index in [1.165, 1.54) is 13.2 Å². The summed E-state index contributed by atoms with van der Waals surface area (Å²) in [5.41, 5.74) is -0.336. The van der Waals surface area contributed by atoms with E-state index in [2.05, 4.69) is 5.32 Å². The summed E-state index contributed by atoms with van der Waals surface area (Å²) < 4.78 is 18.2. The van der Waals surface area contributed by atoms with Crippen LogP contribution >= 0.6 is 0 Å². The van der Waals surface area contributed by atoms with E-state index < -0.39 is 22.4 Å². The molecule has 0 heterocycles. The van der Waals surface area contributed by atoms with Gasteiger partial charge in [-0.3, -0.25) is 14.9 Å². The number of nitrogens with one attached hydrogen (secondary N) is 1. The van der Waals surface area contributed by atoms with E-state index in [0.717, 1.165) is 6.07 Å². The SMILES string of the molecule is COc1cc(NC(C)CCC(=O)O)c([N+](=O)[O-])cc1F. The normalized spacial score (nSPS) is 11.8. The van der Waals surface area contributed by atoms with Crippen LogP contribution in [0, 0.1) is 15.9 Å². The number of halogens is 1. The Morgan fingerprint density at radius 3 is 2.75 bits per heavy atom. The number of carbonyl (C=O) groups is 1. The van der Waals surface area contributed by atoms with Gasteiger partial charge in [0.15, 0.2) is 11.6 Å². The third kappa shape index (κ3) is 4.08. The zero-order valence-corrected chi connectivity index (χ0v) is 11.1. The number of ether oxygens (including phenoxy) is 1. The number of anilines is 1. The van der Waals surface area contributed by atoms with Gasteiger partial charge in [0, 0.05) is 18.5 Å². The Bertz CT molecular complexity index is 521. The third-order valence-corrected chi connectivity index (χ3v) is 2.66. The summed E-state index contributed by atoms with van der Waals surface area (Å²) >= 11 is 0. The lowest BCUT2D eigenvalue weighted by atomic mass is 10.1. The fourth-order valence-corrected chi connectivity index (χ4v) is 1.64. The van der Waals surface area contributed by atoms with E-state index in [0.29, 0.717) is 0 Å². The Morgan fingerprint density at radius 2 is 2.25 bits per heavy atom. The van der Waals surface area contributed by atoms with Gasteiger partial charge in [-0.1, -0.05) is 0 Å². The van der Waals surface area contributed by atoms with E-state index in [-0.39, 0.29) is 30.3 Å². The molecule has 0 saturated heterocycles. The number of hydrogen-bond acceptors (Lipinski definition) is 5. The van der Waals surface area contributed by atoms with Crippen molar-refractivity contribution in [3.05, 3.63) is 28.1 Å². The lowest BCUT2D eigenvalue weighted by Gasteiger charge is -2.15. The minimum Gasteiger partial charge on any atom is -0.494 e. The van der Waals surface area contributed by atoms with Crippen molar-refractivity contribution in [1.29, 1.82) is 0 Å². The first-order valence-electron chi connectivity index (χ1n) is 5.85. The number of benzene rings is 1. The van der Waals surface area contributed by atoms with Crippen molar-refractivity contribution >= 4 is 17.3 Å². The van der Waals surface area contributed by atoms with Gasteiger partial charge < -0.3 is 15.2 Å². The summed E-state index contributed by atoms with van der Waals surface area (Å²) in [6.45, 7) is 1.68. The van der Waals surface area contributed by atoms with Crippen LogP contribution in [0.4, 0.5) is 15.8 Å². The Kier molecular flexibility index (Phi) is 5.24. The molecule has 0 fully saturated rings. The molecule has 1 atom stereocenters.